The molecule has 5 nitrogen and oxygen atoms in total. The lowest BCUT2D eigenvalue weighted by molar-refractivity contribution is -0.136. The van der Waals surface area contributed by atoms with Gasteiger partial charge in [-0.05, 0) is 58.6 Å². The zero-order valence-corrected chi connectivity index (χ0v) is 16.4. The van der Waals surface area contributed by atoms with Gasteiger partial charge < -0.3 is 10.2 Å². The molecule has 0 saturated heterocycles. The Morgan fingerprint density at radius 1 is 1.19 bits per heavy atom. The van der Waals surface area contributed by atoms with Crippen molar-refractivity contribution < 1.29 is 9.59 Å². The third-order valence-corrected chi connectivity index (χ3v) is 5.11. The van der Waals surface area contributed by atoms with Gasteiger partial charge in [0.2, 0.25) is 5.91 Å². The third kappa shape index (κ3) is 3.93. The number of aliphatic imine (C=N–C) groups is 1. The summed E-state index contributed by atoms with van der Waals surface area (Å²) in [5.41, 5.74) is 0.272. The summed E-state index contributed by atoms with van der Waals surface area (Å²) in [6.07, 6.45) is 4.78. The molecule has 1 aliphatic heterocycles. The largest absolute Gasteiger partial charge is 0.350 e. The van der Waals surface area contributed by atoms with Crippen LogP contribution in [-0.2, 0) is 9.59 Å². The smallest absolute Gasteiger partial charge is 0.275 e. The van der Waals surface area contributed by atoms with Crippen LogP contribution in [0.1, 0.15) is 58.4 Å². The number of carbonyl (C=O) groups excluding carboxylic acids is 2. The molecule has 1 heterocycles. The van der Waals surface area contributed by atoms with Crippen molar-refractivity contribution in [2.24, 2.45) is 4.99 Å². The first-order valence-corrected chi connectivity index (χ1v) is 9.57. The summed E-state index contributed by atoms with van der Waals surface area (Å²) in [7, 11) is 0. The monoisotopic (exact) mass is 375 g/mol. The van der Waals surface area contributed by atoms with Gasteiger partial charge in [-0.3, -0.25) is 14.6 Å². The maximum Gasteiger partial charge on any atom is 0.275 e. The Kier molecular flexibility index (Phi) is 5.11. The predicted molar refractivity (Wildman–Crippen MR) is 103 cm³/mol. The number of hydrogen-bond donors (Lipinski definition) is 1. The van der Waals surface area contributed by atoms with Crippen LogP contribution in [0.25, 0.3) is 0 Å². The lowest BCUT2D eigenvalue weighted by Gasteiger charge is -2.39. The summed E-state index contributed by atoms with van der Waals surface area (Å²) in [5, 5.41) is 3.57. The van der Waals surface area contributed by atoms with E-state index in [4.69, 9.17) is 16.6 Å². The first-order chi connectivity index (χ1) is 12.2. The van der Waals surface area contributed by atoms with Crippen LogP contribution in [0.15, 0.2) is 29.3 Å². The van der Waals surface area contributed by atoms with Crippen molar-refractivity contribution in [3.63, 3.8) is 0 Å². The highest BCUT2D eigenvalue weighted by Gasteiger charge is 2.48. The molecule has 1 N–H and O–H groups in total. The molecule has 1 saturated carbocycles. The van der Waals surface area contributed by atoms with Gasteiger partial charge in [0.15, 0.2) is 0 Å². The van der Waals surface area contributed by atoms with Gasteiger partial charge in [-0.15, -0.1) is 0 Å². The average molecular weight is 376 g/mol. The normalized spacial score (nSPS) is 19.6. The lowest BCUT2D eigenvalue weighted by atomic mass is 9.88. The quantitative estimate of drug-likeness (QED) is 0.878. The molecular formula is C20H26ClN3O2. The summed E-state index contributed by atoms with van der Waals surface area (Å²) in [5.74, 6) is -0.318. The summed E-state index contributed by atoms with van der Waals surface area (Å²) in [6.45, 7) is 5.84. The highest BCUT2D eigenvalue weighted by Crippen LogP contribution is 2.39. The topological polar surface area (TPSA) is 61.8 Å². The van der Waals surface area contributed by atoms with Crippen LogP contribution in [0.5, 0.6) is 0 Å². The number of halogens is 1. The predicted octanol–water partition coefficient (Wildman–Crippen LogP) is 3.55. The first-order valence-electron chi connectivity index (χ1n) is 9.19. The Hall–Kier alpha value is -1.88. The Balaban J connectivity index is 1.90. The van der Waals surface area contributed by atoms with Gasteiger partial charge in [-0.1, -0.05) is 30.2 Å². The number of hydrogen-bond acceptors (Lipinski definition) is 3. The van der Waals surface area contributed by atoms with E-state index in [1.54, 1.807) is 17.0 Å². The van der Waals surface area contributed by atoms with E-state index in [9.17, 15) is 9.59 Å². The van der Waals surface area contributed by atoms with E-state index < -0.39 is 5.66 Å². The van der Waals surface area contributed by atoms with Crippen molar-refractivity contribution >= 4 is 29.1 Å². The fourth-order valence-corrected chi connectivity index (χ4v) is 3.87. The summed E-state index contributed by atoms with van der Waals surface area (Å²) in [6, 6.07) is 7.15. The van der Waals surface area contributed by atoms with E-state index in [0.29, 0.717) is 10.7 Å². The molecule has 0 atom stereocenters. The van der Waals surface area contributed by atoms with Gasteiger partial charge in [0.05, 0.1) is 0 Å². The Bertz CT molecular complexity index is 728. The van der Waals surface area contributed by atoms with Crippen LogP contribution in [0.4, 0.5) is 0 Å². The number of amides is 2. The number of rotatable bonds is 3. The van der Waals surface area contributed by atoms with Crippen molar-refractivity contribution in [3.05, 3.63) is 34.9 Å². The molecule has 0 bridgehead atoms. The fraction of sp³-hybridized carbons (Fsp3) is 0.550. The van der Waals surface area contributed by atoms with Crippen molar-refractivity contribution in [2.75, 3.05) is 6.54 Å². The Morgan fingerprint density at radius 2 is 1.81 bits per heavy atom. The molecule has 2 aliphatic rings. The van der Waals surface area contributed by atoms with E-state index in [2.05, 4.69) is 5.32 Å². The molecule has 0 unspecified atom stereocenters. The molecular weight excluding hydrogens is 350 g/mol. The van der Waals surface area contributed by atoms with Gasteiger partial charge in [0.25, 0.3) is 5.91 Å². The molecule has 1 aromatic rings. The summed E-state index contributed by atoms with van der Waals surface area (Å²) >= 11 is 5.97. The zero-order chi connectivity index (χ0) is 18.9. The van der Waals surface area contributed by atoms with Gasteiger partial charge in [0.1, 0.15) is 17.9 Å². The average Bonchev–Trinajstić information content (AvgIpc) is 2.81. The van der Waals surface area contributed by atoms with E-state index in [-0.39, 0.29) is 23.9 Å². The standard InChI is InChI=1S/C20H26ClN3O2/c1-19(2,3)22-16(25)13-24-18(26)17(14-7-9-15(21)10-8-14)23-20(24)11-5-4-6-12-20/h7-10H,4-6,11-13H2,1-3H3,(H,22,25). The van der Waals surface area contributed by atoms with Crippen molar-refractivity contribution in [3.8, 4) is 0 Å². The first kappa shape index (κ1) is 18.9. The number of carbonyl (C=O) groups is 2. The van der Waals surface area contributed by atoms with E-state index in [0.717, 1.165) is 37.7 Å². The van der Waals surface area contributed by atoms with Gasteiger partial charge in [-0.2, -0.15) is 0 Å². The molecule has 1 fully saturated rings. The molecule has 3 rings (SSSR count). The van der Waals surface area contributed by atoms with Gasteiger partial charge in [0, 0.05) is 16.1 Å². The maximum atomic E-state index is 13.1. The lowest BCUT2D eigenvalue weighted by Crippen LogP contribution is -2.54. The molecule has 0 aromatic heterocycles. The molecule has 2 amide bonds. The van der Waals surface area contributed by atoms with E-state index in [1.165, 1.54) is 0 Å². The minimum absolute atomic E-state index is 0.0384. The van der Waals surface area contributed by atoms with Crippen molar-refractivity contribution in [1.82, 2.24) is 10.2 Å². The number of nitrogens with one attached hydrogen (secondary N) is 1. The van der Waals surface area contributed by atoms with Crippen LogP contribution < -0.4 is 5.32 Å². The number of nitrogens with zero attached hydrogens (tertiary/aromatic N) is 2. The minimum atomic E-state index is -0.584. The van der Waals surface area contributed by atoms with Crippen LogP contribution in [-0.4, -0.2) is 40.2 Å². The molecule has 1 spiro atoms. The highest BCUT2D eigenvalue weighted by molar-refractivity contribution is 6.47. The minimum Gasteiger partial charge on any atom is -0.350 e. The third-order valence-electron chi connectivity index (χ3n) is 4.86. The molecule has 0 radical (unpaired) electrons. The van der Waals surface area contributed by atoms with Crippen LogP contribution in [0.2, 0.25) is 5.02 Å². The Morgan fingerprint density at radius 3 is 2.38 bits per heavy atom. The number of benzene rings is 1. The second-order valence-electron chi connectivity index (χ2n) is 8.20. The van der Waals surface area contributed by atoms with Crippen LogP contribution >= 0.6 is 11.6 Å². The molecule has 26 heavy (non-hydrogen) atoms. The van der Waals surface area contributed by atoms with Gasteiger partial charge >= 0.3 is 0 Å². The molecule has 6 heteroatoms. The second kappa shape index (κ2) is 7.03. The zero-order valence-electron chi connectivity index (χ0n) is 15.6. The van der Waals surface area contributed by atoms with E-state index >= 15 is 0 Å². The SMILES string of the molecule is CC(C)(C)NC(=O)CN1C(=O)C(c2ccc(Cl)cc2)=NC12CCCCC2. The highest BCUT2D eigenvalue weighted by atomic mass is 35.5. The van der Waals surface area contributed by atoms with Crippen molar-refractivity contribution in [1.29, 1.82) is 0 Å². The van der Waals surface area contributed by atoms with Crippen molar-refractivity contribution in [2.45, 2.75) is 64.1 Å². The molecule has 140 valence electrons. The van der Waals surface area contributed by atoms with Crippen LogP contribution in [0.3, 0.4) is 0 Å². The fourth-order valence-electron chi connectivity index (χ4n) is 3.75. The van der Waals surface area contributed by atoms with E-state index in [1.807, 2.05) is 32.9 Å². The maximum absolute atomic E-state index is 13.1. The molecule has 1 aliphatic carbocycles. The summed E-state index contributed by atoms with van der Waals surface area (Å²) in [4.78, 5) is 32.2. The second-order valence-corrected chi connectivity index (χ2v) is 8.64. The van der Waals surface area contributed by atoms with Gasteiger partial charge in [-0.25, -0.2) is 0 Å². The molecule has 1 aromatic carbocycles. The Labute approximate surface area is 159 Å². The summed E-state index contributed by atoms with van der Waals surface area (Å²) < 4.78 is 0. The van der Waals surface area contributed by atoms with Crippen LogP contribution in [0, 0.1) is 0 Å².